The molecule has 0 heterocycles. The maximum Gasteiger partial charge on any atom is 0.00804 e. The monoisotopic (exact) mass is 284 g/mol. The highest BCUT2D eigenvalue weighted by Crippen LogP contribution is 2.44. The van der Waals surface area contributed by atoms with Gasteiger partial charge in [0.25, 0.3) is 0 Å². The van der Waals surface area contributed by atoms with Gasteiger partial charge < -0.3 is 0 Å². The van der Waals surface area contributed by atoms with Gasteiger partial charge in [0.1, 0.15) is 0 Å². The Balaban J connectivity index is 2.44. The largest absolute Gasteiger partial charge is 0.158 e. The lowest BCUT2D eigenvalue weighted by Crippen LogP contribution is -2.33. The quantitative estimate of drug-likeness (QED) is 0.511. The zero-order valence-electron chi connectivity index (χ0n) is 14.0. The van der Waals surface area contributed by atoms with E-state index >= 15 is 0 Å². The molecule has 0 bridgehead atoms. The molecule has 0 amide bonds. The Morgan fingerprint density at radius 1 is 1.11 bits per heavy atom. The molecule has 1 fully saturated rings. The van der Waals surface area contributed by atoms with E-state index in [1.54, 1.807) is 0 Å². The number of rotatable bonds is 7. The normalized spacial score (nSPS) is 26.4. The summed E-state index contributed by atoms with van der Waals surface area (Å²) in [4.78, 5) is 0. The minimum absolute atomic E-state index is 0.503. The van der Waals surface area contributed by atoms with Crippen molar-refractivity contribution in [1.82, 2.24) is 0 Å². The van der Waals surface area contributed by atoms with Gasteiger partial charge in [-0.2, -0.15) is 11.8 Å². The fourth-order valence-corrected chi connectivity index (χ4v) is 5.48. The standard InChI is InChI=1S/C18H36S/c1-6-8-11-15(7-2)14-19-17-13-10-9-12-16(17)18(3,4)5/h15-17H,6-14H2,1-5H3. The maximum atomic E-state index is 2.45. The first-order valence-electron chi connectivity index (χ1n) is 8.60. The third-order valence-electron chi connectivity index (χ3n) is 4.90. The van der Waals surface area contributed by atoms with Gasteiger partial charge in [-0.1, -0.05) is 66.7 Å². The average molecular weight is 285 g/mol. The third kappa shape index (κ3) is 6.10. The van der Waals surface area contributed by atoms with Gasteiger partial charge in [0, 0.05) is 5.25 Å². The van der Waals surface area contributed by atoms with Gasteiger partial charge in [-0.15, -0.1) is 0 Å². The number of thioether (sulfide) groups is 1. The van der Waals surface area contributed by atoms with Crippen molar-refractivity contribution in [2.75, 3.05) is 5.75 Å². The highest BCUT2D eigenvalue weighted by atomic mass is 32.2. The van der Waals surface area contributed by atoms with Crippen LogP contribution >= 0.6 is 11.8 Å². The molecule has 0 nitrogen and oxygen atoms in total. The van der Waals surface area contributed by atoms with E-state index in [2.05, 4.69) is 46.4 Å². The summed E-state index contributed by atoms with van der Waals surface area (Å²) in [5.41, 5.74) is 0.503. The predicted molar refractivity (Wildman–Crippen MR) is 91.0 cm³/mol. The van der Waals surface area contributed by atoms with Crippen LogP contribution in [0.4, 0.5) is 0 Å². The van der Waals surface area contributed by atoms with Gasteiger partial charge in [0.15, 0.2) is 0 Å². The molecular formula is C18H36S. The van der Waals surface area contributed by atoms with E-state index in [4.69, 9.17) is 0 Å². The van der Waals surface area contributed by atoms with Crippen molar-refractivity contribution >= 4 is 11.8 Å². The smallest absolute Gasteiger partial charge is 0.00804 e. The lowest BCUT2D eigenvalue weighted by atomic mass is 9.72. The molecule has 0 aromatic heterocycles. The van der Waals surface area contributed by atoms with E-state index in [1.165, 1.54) is 57.1 Å². The number of hydrogen-bond acceptors (Lipinski definition) is 1. The molecule has 0 aliphatic heterocycles. The second-order valence-electron chi connectivity index (χ2n) is 7.55. The van der Waals surface area contributed by atoms with Gasteiger partial charge in [0.2, 0.25) is 0 Å². The molecule has 1 heteroatoms. The summed E-state index contributed by atoms with van der Waals surface area (Å²) >= 11 is 2.32. The van der Waals surface area contributed by atoms with Crippen LogP contribution < -0.4 is 0 Å². The highest BCUT2D eigenvalue weighted by molar-refractivity contribution is 7.99. The first kappa shape index (κ1) is 17.4. The molecule has 0 radical (unpaired) electrons. The molecule has 0 aromatic carbocycles. The van der Waals surface area contributed by atoms with Crippen LogP contribution in [-0.2, 0) is 0 Å². The minimum atomic E-state index is 0.503. The summed E-state index contributed by atoms with van der Waals surface area (Å²) in [6.07, 6.45) is 11.5. The zero-order valence-corrected chi connectivity index (χ0v) is 14.8. The summed E-state index contributed by atoms with van der Waals surface area (Å²) in [5, 5.41) is 0.935. The van der Waals surface area contributed by atoms with Crippen molar-refractivity contribution < 1.29 is 0 Å². The van der Waals surface area contributed by atoms with Crippen LogP contribution in [0.15, 0.2) is 0 Å². The molecule has 0 N–H and O–H groups in total. The summed E-state index contributed by atoms with van der Waals surface area (Å²) < 4.78 is 0. The van der Waals surface area contributed by atoms with Gasteiger partial charge in [-0.05, 0) is 42.3 Å². The lowest BCUT2D eigenvalue weighted by molar-refractivity contribution is 0.187. The van der Waals surface area contributed by atoms with Crippen molar-refractivity contribution in [1.29, 1.82) is 0 Å². The molecular weight excluding hydrogens is 248 g/mol. The minimum Gasteiger partial charge on any atom is -0.158 e. The van der Waals surface area contributed by atoms with E-state index in [0.29, 0.717) is 5.41 Å². The Morgan fingerprint density at radius 3 is 2.37 bits per heavy atom. The molecule has 1 aliphatic rings. The van der Waals surface area contributed by atoms with Crippen molar-refractivity contribution in [3.8, 4) is 0 Å². The van der Waals surface area contributed by atoms with Crippen molar-refractivity contribution in [2.45, 2.75) is 91.2 Å². The van der Waals surface area contributed by atoms with Crippen molar-refractivity contribution in [2.24, 2.45) is 17.3 Å². The number of unbranched alkanes of at least 4 members (excludes halogenated alkanes) is 1. The third-order valence-corrected chi connectivity index (χ3v) is 6.56. The van der Waals surface area contributed by atoms with E-state index in [0.717, 1.165) is 17.1 Å². The second-order valence-corrected chi connectivity index (χ2v) is 8.82. The highest BCUT2D eigenvalue weighted by Gasteiger charge is 2.34. The molecule has 3 unspecified atom stereocenters. The van der Waals surface area contributed by atoms with Crippen molar-refractivity contribution in [3.05, 3.63) is 0 Å². The fraction of sp³-hybridized carbons (Fsp3) is 1.00. The summed E-state index contributed by atoms with van der Waals surface area (Å²) in [6.45, 7) is 12.0. The topological polar surface area (TPSA) is 0 Å². The molecule has 3 atom stereocenters. The van der Waals surface area contributed by atoms with Gasteiger partial charge in [-0.3, -0.25) is 0 Å². The number of hydrogen-bond donors (Lipinski definition) is 0. The summed E-state index contributed by atoms with van der Waals surface area (Å²) in [6, 6.07) is 0. The lowest BCUT2D eigenvalue weighted by Gasteiger charge is -2.40. The van der Waals surface area contributed by atoms with Crippen LogP contribution in [0.25, 0.3) is 0 Å². The molecule has 19 heavy (non-hydrogen) atoms. The Labute approximate surface area is 126 Å². The first-order chi connectivity index (χ1) is 8.99. The molecule has 1 rings (SSSR count). The Kier molecular flexibility index (Phi) is 7.87. The van der Waals surface area contributed by atoms with E-state index in [9.17, 15) is 0 Å². The molecule has 1 aliphatic carbocycles. The van der Waals surface area contributed by atoms with Gasteiger partial charge in [0.05, 0.1) is 0 Å². The molecule has 0 aromatic rings. The Hall–Kier alpha value is 0.350. The van der Waals surface area contributed by atoms with Crippen LogP contribution in [0.3, 0.4) is 0 Å². The van der Waals surface area contributed by atoms with Crippen molar-refractivity contribution in [3.63, 3.8) is 0 Å². The molecule has 114 valence electrons. The fourth-order valence-electron chi connectivity index (χ4n) is 3.44. The van der Waals surface area contributed by atoms with Crippen LogP contribution in [0.5, 0.6) is 0 Å². The van der Waals surface area contributed by atoms with Crippen LogP contribution in [-0.4, -0.2) is 11.0 Å². The average Bonchev–Trinajstić information content (AvgIpc) is 2.38. The Bertz CT molecular complexity index is 228. The molecule has 0 saturated heterocycles. The van der Waals surface area contributed by atoms with Gasteiger partial charge >= 0.3 is 0 Å². The summed E-state index contributed by atoms with van der Waals surface area (Å²) in [7, 11) is 0. The van der Waals surface area contributed by atoms with Crippen LogP contribution in [0.2, 0.25) is 0 Å². The van der Waals surface area contributed by atoms with E-state index in [-0.39, 0.29) is 0 Å². The predicted octanol–water partition coefficient (Wildman–Crippen LogP) is 6.54. The zero-order chi connectivity index (χ0) is 14.3. The maximum absolute atomic E-state index is 2.45. The van der Waals surface area contributed by atoms with E-state index in [1.807, 2.05) is 0 Å². The Morgan fingerprint density at radius 2 is 1.79 bits per heavy atom. The SMILES string of the molecule is CCCCC(CC)CSC1CCCCC1C(C)(C)C. The summed E-state index contributed by atoms with van der Waals surface area (Å²) in [5.74, 6) is 3.32. The van der Waals surface area contributed by atoms with Crippen LogP contribution in [0, 0.1) is 17.3 Å². The van der Waals surface area contributed by atoms with Gasteiger partial charge in [-0.25, -0.2) is 0 Å². The first-order valence-corrected chi connectivity index (χ1v) is 9.65. The molecule has 1 saturated carbocycles. The second kappa shape index (κ2) is 8.60. The van der Waals surface area contributed by atoms with Crippen LogP contribution in [0.1, 0.15) is 86.0 Å². The van der Waals surface area contributed by atoms with E-state index < -0.39 is 0 Å². The molecule has 0 spiro atoms.